The van der Waals surface area contributed by atoms with Crippen LogP contribution in [0.5, 0.6) is 0 Å². The molecule has 14 heavy (non-hydrogen) atoms. The number of carbonyl (C=O) groups is 2. The third-order valence-electron chi connectivity index (χ3n) is 1.43. The first kappa shape index (κ1) is 9.71. The molecule has 1 heterocycles. The highest BCUT2D eigenvalue weighted by Gasteiger charge is 2.15. The van der Waals surface area contributed by atoms with E-state index in [1.807, 2.05) is 9.97 Å². The average molecular weight is 198 g/mol. The van der Waals surface area contributed by atoms with Crippen LogP contribution in [0.2, 0.25) is 0 Å². The molecule has 0 saturated heterocycles. The summed E-state index contributed by atoms with van der Waals surface area (Å²) in [6.07, 6.45) is 0. The molecule has 0 fully saturated rings. The molecule has 1 aromatic rings. The summed E-state index contributed by atoms with van der Waals surface area (Å²) in [5, 5.41) is 0. The lowest BCUT2D eigenvalue weighted by atomic mass is 10.3. The zero-order valence-electron chi connectivity index (χ0n) is 6.79. The van der Waals surface area contributed by atoms with Crippen molar-refractivity contribution in [2.45, 2.75) is 0 Å². The highest BCUT2D eigenvalue weighted by Crippen LogP contribution is 1.94. The summed E-state index contributed by atoms with van der Waals surface area (Å²) in [5.74, 6) is -2.13. The second-order valence-corrected chi connectivity index (χ2v) is 2.39. The second kappa shape index (κ2) is 3.17. The van der Waals surface area contributed by atoms with Gasteiger partial charge in [0.05, 0.1) is 0 Å². The van der Waals surface area contributed by atoms with Gasteiger partial charge in [0.2, 0.25) is 0 Å². The van der Waals surface area contributed by atoms with E-state index in [1.165, 1.54) is 0 Å². The lowest BCUT2D eigenvalue weighted by molar-refractivity contribution is 0.0959. The van der Waals surface area contributed by atoms with E-state index in [4.69, 9.17) is 11.5 Å². The van der Waals surface area contributed by atoms with E-state index >= 15 is 0 Å². The summed E-state index contributed by atoms with van der Waals surface area (Å²) < 4.78 is 0. The highest BCUT2D eigenvalue weighted by molar-refractivity contribution is 6.03. The van der Waals surface area contributed by atoms with E-state index in [9.17, 15) is 19.2 Å². The van der Waals surface area contributed by atoms with Crippen LogP contribution in [-0.2, 0) is 0 Å². The van der Waals surface area contributed by atoms with Crippen LogP contribution in [0, 0.1) is 0 Å². The Balaban J connectivity index is 3.63. The Morgan fingerprint density at radius 3 is 1.36 bits per heavy atom. The number of hydrogen-bond acceptors (Lipinski definition) is 4. The third kappa shape index (κ3) is 1.53. The van der Waals surface area contributed by atoms with Gasteiger partial charge in [0.25, 0.3) is 11.8 Å². The first-order chi connectivity index (χ1) is 6.43. The fourth-order valence-corrected chi connectivity index (χ4v) is 0.835. The molecule has 0 aromatic carbocycles. The topological polar surface area (TPSA) is 152 Å². The van der Waals surface area contributed by atoms with Crippen LogP contribution < -0.4 is 22.6 Å². The summed E-state index contributed by atoms with van der Waals surface area (Å²) in [5.41, 5.74) is 6.48. The van der Waals surface area contributed by atoms with E-state index < -0.39 is 34.3 Å². The van der Waals surface area contributed by atoms with Gasteiger partial charge < -0.3 is 21.4 Å². The Kier molecular flexibility index (Phi) is 2.19. The monoisotopic (exact) mass is 198 g/mol. The Hall–Kier alpha value is -2.38. The van der Waals surface area contributed by atoms with Crippen LogP contribution >= 0.6 is 0 Å². The molecule has 8 heteroatoms. The molecule has 0 saturated carbocycles. The van der Waals surface area contributed by atoms with Gasteiger partial charge in [-0.15, -0.1) is 0 Å². The SMILES string of the molecule is NC(=O)c1[nH]c(=O)c(=O)[nH]c1C(N)=O. The molecule has 0 spiro atoms. The van der Waals surface area contributed by atoms with Gasteiger partial charge in [-0.05, 0) is 0 Å². The van der Waals surface area contributed by atoms with Gasteiger partial charge in [0.1, 0.15) is 11.4 Å². The lowest BCUT2D eigenvalue weighted by Crippen LogP contribution is -2.37. The quantitative estimate of drug-likeness (QED) is 0.381. The predicted molar refractivity (Wildman–Crippen MR) is 44.7 cm³/mol. The third-order valence-corrected chi connectivity index (χ3v) is 1.43. The highest BCUT2D eigenvalue weighted by atomic mass is 16.2. The molecule has 6 N–H and O–H groups in total. The molecule has 0 unspecified atom stereocenters. The van der Waals surface area contributed by atoms with Gasteiger partial charge in [-0.2, -0.15) is 0 Å². The molecule has 0 bridgehead atoms. The maximum Gasteiger partial charge on any atom is 0.314 e. The lowest BCUT2D eigenvalue weighted by Gasteiger charge is -2.00. The minimum absolute atomic E-state index is 0.512. The van der Waals surface area contributed by atoms with Gasteiger partial charge in [0, 0.05) is 0 Å². The van der Waals surface area contributed by atoms with E-state index in [-0.39, 0.29) is 0 Å². The molecule has 2 amide bonds. The number of aromatic nitrogens is 2. The minimum atomic E-state index is -1.08. The number of amides is 2. The van der Waals surface area contributed by atoms with Crippen LogP contribution in [0.4, 0.5) is 0 Å². The maximum absolute atomic E-state index is 10.8. The Bertz CT molecular complexity index is 464. The van der Waals surface area contributed by atoms with Crippen LogP contribution in [0.3, 0.4) is 0 Å². The zero-order valence-corrected chi connectivity index (χ0v) is 6.79. The number of carbonyl (C=O) groups excluding carboxylic acids is 2. The molecule has 0 aliphatic carbocycles. The Morgan fingerprint density at radius 2 is 1.14 bits per heavy atom. The molecular formula is C6H6N4O4. The summed E-state index contributed by atoms with van der Waals surface area (Å²) in [4.78, 5) is 46.6. The average Bonchev–Trinajstić information content (AvgIpc) is 2.08. The van der Waals surface area contributed by atoms with Gasteiger partial charge in [0.15, 0.2) is 0 Å². The minimum Gasteiger partial charge on any atom is -0.364 e. The number of nitrogens with one attached hydrogen (secondary N) is 2. The van der Waals surface area contributed by atoms with E-state index in [2.05, 4.69) is 0 Å². The molecule has 0 aliphatic heterocycles. The molecule has 0 aliphatic rings. The molecule has 0 radical (unpaired) electrons. The van der Waals surface area contributed by atoms with Crippen molar-refractivity contribution >= 4 is 11.8 Å². The predicted octanol–water partition coefficient (Wildman–Crippen LogP) is -2.74. The number of rotatable bonds is 2. The van der Waals surface area contributed by atoms with Crippen LogP contribution in [0.1, 0.15) is 21.0 Å². The zero-order chi connectivity index (χ0) is 10.9. The smallest absolute Gasteiger partial charge is 0.314 e. The van der Waals surface area contributed by atoms with Gasteiger partial charge in [-0.25, -0.2) is 0 Å². The summed E-state index contributed by atoms with van der Waals surface area (Å²) in [6, 6.07) is 0. The molecule has 74 valence electrons. The number of nitrogens with two attached hydrogens (primary N) is 2. The fourth-order valence-electron chi connectivity index (χ4n) is 0.835. The normalized spacial score (nSPS) is 9.71. The van der Waals surface area contributed by atoms with Crippen molar-refractivity contribution in [1.82, 2.24) is 9.97 Å². The van der Waals surface area contributed by atoms with Gasteiger partial charge >= 0.3 is 11.1 Å². The number of H-pyrrole nitrogens is 2. The number of primary amides is 2. The fraction of sp³-hybridized carbons (Fsp3) is 0. The number of aromatic amines is 2. The largest absolute Gasteiger partial charge is 0.364 e. The van der Waals surface area contributed by atoms with Crippen molar-refractivity contribution in [3.05, 3.63) is 32.1 Å². The van der Waals surface area contributed by atoms with Crippen LogP contribution in [0.15, 0.2) is 9.59 Å². The molecule has 1 rings (SSSR count). The standard InChI is InChI=1S/C6H6N4O4/c7-3(11)1-2(4(8)12)10-6(14)5(13)9-1/h(H2,7,11)(H2,8,12)(H,9,13)(H,10,14). The first-order valence-corrected chi connectivity index (χ1v) is 3.39. The summed E-state index contributed by atoms with van der Waals surface area (Å²) in [6.45, 7) is 0. The molecular weight excluding hydrogens is 192 g/mol. The number of hydrogen-bond donors (Lipinski definition) is 4. The van der Waals surface area contributed by atoms with Crippen LogP contribution in [0.25, 0.3) is 0 Å². The summed E-state index contributed by atoms with van der Waals surface area (Å²) in [7, 11) is 0. The Morgan fingerprint density at radius 1 is 0.857 bits per heavy atom. The van der Waals surface area contributed by atoms with Crippen molar-refractivity contribution in [2.24, 2.45) is 11.5 Å². The summed E-state index contributed by atoms with van der Waals surface area (Å²) >= 11 is 0. The van der Waals surface area contributed by atoms with Crippen molar-refractivity contribution in [1.29, 1.82) is 0 Å². The maximum atomic E-state index is 10.8. The van der Waals surface area contributed by atoms with Crippen molar-refractivity contribution < 1.29 is 9.59 Å². The molecule has 8 nitrogen and oxygen atoms in total. The van der Waals surface area contributed by atoms with Crippen molar-refractivity contribution in [3.63, 3.8) is 0 Å². The second-order valence-electron chi connectivity index (χ2n) is 2.39. The molecule has 0 atom stereocenters. The van der Waals surface area contributed by atoms with Crippen molar-refractivity contribution in [2.75, 3.05) is 0 Å². The first-order valence-electron chi connectivity index (χ1n) is 3.39. The van der Waals surface area contributed by atoms with Crippen molar-refractivity contribution in [3.8, 4) is 0 Å². The van der Waals surface area contributed by atoms with E-state index in [0.29, 0.717) is 0 Å². The van der Waals surface area contributed by atoms with E-state index in [1.54, 1.807) is 0 Å². The Labute approximate surface area is 75.9 Å². The van der Waals surface area contributed by atoms with Crippen LogP contribution in [-0.4, -0.2) is 21.8 Å². The molecule has 1 aromatic heterocycles. The van der Waals surface area contributed by atoms with E-state index in [0.717, 1.165) is 0 Å². The van der Waals surface area contributed by atoms with Gasteiger partial charge in [-0.1, -0.05) is 0 Å². The van der Waals surface area contributed by atoms with Gasteiger partial charge in [-0.3, -0.25) is 19.2 Å².